The first kappa shape index (κ1) is 11.7. The molecule has 1 N–H and O–H groups in total. The first-order valence-electron chi connectivity index (χ1n) is 5.09. The van der Waals surface area contributed by atoms with Crippen LogP contribution in [0.2, 0.25) is 0 Å². The van der Waals surface area contributed by atoms with Gasteiger partial charge in [-0.15, -0.1) is 11.3 Å². The van der Waals surface area contributed by atoms with Crippen LogP contribution in [0.4, 0.5) is 0 Å². The van der Waals surface area contributed by atoms with Gasteiger partial charge in [-0.1, -0.05) is 5.16 Å². The van der Waals surface area contributed by atoms with Crippen LogP contribution in [0.15, 0.2) is 20.4 Å². The maximum absolute atomic E-state index is 9.77. The third kappa shape index (κ3) is 2.29. The molecule has 1 fully saturated rings. The molecule has 0 aliphatic carbocycles. The zero-order valence-electron chi connectivity index (χ0n) is 8.67. The van der Waals surface area contributed by atoms with Crippen LogP contribution in [0.25, 0.3) is 10.7 Å². The van der Waals surface area contributed by atoms with Gasteiger partial charge >= 0.3 is 0 Å². The normalized spacial score (nSPS) is 24.4. The summed E-state index contributed by atoms with van der Waals surface area (Å²) in [5.74, 6) is 2.70. The van der Waals surface area contributed by atoms with Crippen molar-refractivity contribution in [1.82, 2.24) is 10.1 Å². The lowest BCUT2D eigenvalue weighted by molar-refractivity contribution is 0.164. The van der Waals surface area contributed by atoms with Crippen molar-refractivity contribution in [2.24, 2.45) is 0 Å². The third-order valence-corrected chi connectivity index (χ3v) is 5.39. The quantitative estimate of drug-likeness (QED) is 0.916. The minimum absolute atomic E-state index is 0.0235. The van der Waals surface area contributed by atoms with Crippen molar-refractivity contribution in [2.75, 3.05) is 11.5 Å². The van der Waals surface area contributed by atoms with E-state index < -0.39 is 0 Å². The number of halogens is 1. The van der Waals surface area contributed by atoms with E-state index in [9.17, 15) is 5.11 Å². The minimum atomic E-state index is -0.372. The van der Waals surface area contributed by atoms with Crippen LogP contribution in [-0.2, 0) is 0 Å². The van der Waals surface area contributed by atoms with Crippen LogP contribution in [0.1, 0.15) is 11.8 Å². The molecule has 17 heavy (non-hydrogen) atoms. The molecule has 2 aromatic heterocycles. The van der Waals surface area contributed by atoms with Gasteiger partial charge in [-0.05, 0) is 28.1 Å². The van der Waals surface area contributed by atoms with Gasteiger partial charge in [0.15, 0.2) is 0 Å². The molecule has 0 amide bonds. The van der Waals surface area contributed by atoms with Crippen LogP contribution in [0, 0.1) is 0 Å². The van der Waals surface area contributed by atoms with E-state index in [0.29, 0.717) is 11.7 Å². The Hall–Kier alpha value is -0.370. The smallest absolute Gasteiger partial charge is 0.233 e. The van der Waals surface area contributed by atoms with Crippen molar-refractivity contribution in [3.63, 3.8) is 0 Å². The first-order valence-corrected chi connectivity index (χ1v) is 7.85. The van der Waals surface area contributed by atoms with Gasteiger partial charge in [0.25, 0.3) is 0 Å². The average molecular weight is 333 g/mol. The molecule has 1 saturated heterocycles. The highest BCUT2D eigenvalue weighted by Gasteiger charge is 2.32. The summed E-state index contributed by atoms with van der Waals surface area (Å²) < 4.78 is 6.28. The summed E-state index contributed by atoms with van der Waals surface area (Å²) in [4.78, 5) is 5.33. The molecule has 2 atom stereocenters. The van der Waals surface area contributed by atoms with Crippen LogP contribution in [0.5, 0.6) is 0 Å². The summed E-state index contributed by atoms with van der Waals surface area (Å²) in [6.45, 7) is 0. The van der Waals surface area contributed by atoms with Gasteiger partial charge in [-0.2, -0.15) is 16.7 Å². The largest absolute Gasteiger partial charge is 0.391 e. The second-order valence-electron chi connectivity index (χ2n) is 3.77. The van der Waals surface area contributed by atoms with Gasteiger partial charge in [0.1, 0.15) is 0 Å². The highest BCUT2D eigenvalue weighted by molar-refractivity contribution is 9.11. The van der Waals surface area contributed by atoms with Gasteiger partial charge in [-0.3, -0.25) is 0 Å². The Morgan fingerprint density at radius 1 is 1.41 bits per heavy atom. The number of aliphatic hydroxyl groups excluding tert-OH is 1. The molecule has 0 saturated carbocycles. The molecule has 1 aliphatic rings. The molecule has 0 radical (unpaired) electrons. The summed E-state index contributed by atoms with van der Waals surface area (Å²) in [5, 5.41) is 13.7. The summed E-state index contributed by atoms with van der Waals surface area (Å²) in [6.07, 6.45) is -0.372. The number of hydrogen-bond donors (Lipinski definition) is 1. The molecular formula is C10H9BrN2O2S2. The van der Waals surface area contributed by atoms with Gasteiger partial charge < -0.3 is 9.63 Å². The Bertz CT molecular complexity index is 528. The predicted octanol–water partition coefficient (Wildman–Crippen LogP) is 2.75. The van der Waals surface area contributed by atoms with Gasteiger partial charge in [0.2, 0.25) is 11.7 Å². The van der Waals surface area contributed by atoms with E-state index >= 15 is 0 Å². The molecule has 0 bridgehead atoms. The van der Waals surface area contributed by atoms with E-state index in [1.54, 1.807) is 23.1 Å². The fourth-order valence-electron chi connectivity index (χ4n) is 1.70. The zero-order valence-corrected chi connectivity index (χ0v) is 11.9. The lowest BCUT2D eigenvalue weighted by atomic mass is 10.1. The Morgan fingerprint density at radius 2 is 2.29 bits per heavy atom. The molecule has 2 aromatic rings. The molecule has 2 unspecified atom stereocenters. The van der Waals surface area contributed by atoms with E-state index in [2.05, 4.69) is 26.1 Å². The van der Waals surface area contributed by atoms with Crippen molar-refractivity contribution >= 4 is 39.0 Å². The Labute approximate surface area is 115 Å². The molecule has 7 heteroatoms. The second-order valence-corrected chi connectivity index (χ2v) is 7.31. The van der Waals surface area contributed by atoms with Crippen LogP contribution in [-0.4, -0.2) is 32.9 Å². The molecule has 4 nitrogen and oxygen atoms in total. The number of thioether (sulfide) groups is 1. The SMILES string of the molecule is OC1CSCC1c1nc(-c2ccc(Br)s2)no1. The zero-order chi connectivity index (χ0) is 11.8. The standard InChI is InChI=1S/C10H9BrN2O2S2/c11-8-2-1-7(17-8)9-12-10(15-13-9)5-3-16-4-6(5)14/h1-2,5-6,14H,3-4H2. The van der Waals surface area contributed by atoms with E-state index in [0.717, 1.165) is 20.2 Å². The maximum atomic E-state index is 9.77. The van der Waals surface area contributed by atoms with Crippen molar-refractivity contribution in [3.05, 3.63) is 21.8 Å². The summed E-state index contributed by atoms with van der Waals surface area (Å²) >= 11 is 6.67. The lowest BCUT2D eigenvalue weighted by Gasteiger charge is -2.06. The lowest BCUT2D eigenvalue weighted by Crippen LogP contribution is -2.15. The van der Waals surface area contributed by atoms with Crippen LogP contribution < -0.4 is 0 Å². The Kier molecular flexibility index (Phi) is 3.25. The van der Waals surface area contributed by atoms with Crippen LogP contribution >= 0.6 is 39.0 Å². The molecule has 3 heterocycles. The van der Waals surface area contributed by atoms with E-state index in [1.165, 1.54) is 0 Å². The van der Waals surface area contributed by atoms with Crippen molar-refractivity contribution < 1.29 is 9.63 Å². The fourth-order valence-corrected chi connectivity index (χ4v) is 4.24. The molecule has 90 valence electrons. The molecular weight excluding hydrogens is 324 g/mol. The number of aromatic nitrogens is 2. The monoisotopic (exact) mass is 332 g/mol. The highest BCUT2D eigenvalue weighted by Crippen LogP contribution is 2.34. The summed E-state index contributed by atoms with van der Waals surface area (Å²) in [6, 6.07) is 3.90. The van der Waals surface area contributed by atoms with Gasteiger partial charge in [0.05, 0.1) is 20.7 Å². The molecule has 1 aliphatic heterocycles. The second kappa shape index (κ2) is 4.72. The summed E-state index contributed by atoms with van der Waals surface area (Å²) in [5.41, 5.74) is 0. The first-order chi connectivity index (χ1) is 8.24. The van der Waals surface area contributed by atoms with Gasteiger partial charge in [-0.25, -0.2) is 0 Å². The maximum Gasteiger partial charge on any atom is 0.233 e. The van der Waals surface area contributed by atoms with E-state index in [4.69, 9.17) is 4.52 Å². The van der Waals surface area contributed by atoms with E-state index in [-0.39, 0.29) is 12.0 Å². The predicted molar refractivity (Wildman–Crippen MR) is 71.4 cm³/mol. The number of thiophene rings is 1. The van der Waals surface area contributed by atoms with Crippen molar-refractivity contribution in [2.45, 2.75) is 12.0 Å². The molecule has 3 rings (SSSR count). The van der Waals surface area contributed by atoms with Crippen molar-refractivity contribution in [1.29, 1.82) is 0 Å². The Morgan fingerprint density at radius 3 is 2.94 bits per heavy atom. The topological polar surface area (TPSA) is 59.2 Å². The number of rotatable bonds is 2. The van der Waals surface area contributed by atoms with Gasteiger partial charge in [0, 0.05) is 11.5 Å². The fraction of sp³-hybridized carbons (Fsp3) is 0.400. The number of aliphatic hydroxyl groups is 1. The third-order valence-electron chi connectivity index (χ3n) is 2.60. The summed E-state index contributed by atoms with van der Waals surface area (Å²) in [7, 11) is 0. The molecule has 0 aromatic carbocycles. The number of hydrogen-bond acceptors (Lipinski definition) is 6. The minimum Gasteiger partial charge on any atom is -0.391 e. The number of nitrogens with zero attached hydrogens (tertiary/aromatic N) is 2. The van der Waals surface area contributed by atoms with Crippen molar-refractivity contribution in [3.8, 4) is 10.7 Å². The highest BCUT2D eigenvalue weighted by atomic mass is 79.9. The van der Waals surface area contributed by atoms with Crippen LogP contribution in [0.3, 0.4) is 0 Å². The van der Waals surface area contributed by atoms with E-state index in [1.807, 2.05) is 12.1 Å². The molecule has 0 spiro atoms. The Balaban J connectivity index is 1.87. The average Bonchev–Trinajstić information content (AvgIpc) is 2.97.